The van der Waals surface area contributed by atoms with Gasteiger partial charge in [-0.05, 0) is 48.4 Å². The van der Waals surface area contributed by atoms with E-state index in [-0.39, 0.29) is 17.6 Å². The zero-order chi connectivity index (χ0) is 17.6. The van der Waals surface area contributed by atoms with Crippen molar-refractivity contribution < 1.29 is 14.6 Å². The molecule has 0 amide bonds. The molecule has 0 bridgehead atoms. The van der Waals surface area contributed by atoms with E-state index in [9.17, 15) is 9.90 Å². The Morgan fingerprint density at radius 1 is 1.36 bits per heavy atom. The molecule has 1 aromatic carbocycles. The number of aryl methyl sites for hydroxylation is 1. The van der Waals surface area contributed by atoms with Crippen LogP contribution in [0.3, 0.4) is 0 Å². The first kappa shape index (κ1) is 15.9. The number of aromatic nitrogens is 2. The molecule has 3 atom stereocenters. The minimum absolute atomic E-state index is 0.0515. The number of aromatic amines is 1. The number of aliphatic hydroxyl groups is 1. The van der Waals surface area contributed by atoms with Gasteiger partial charge in [-0.1, -0.05) is 19.1 Å². The number of carbonyl (C=O) groups is 1. The molecule has 1 heterocycles. The highest BCUT2D eigenvalue weighted by molar-refractivity contribution is 5.98. The molecule has 1 fully saturated rings. The summed E-state index contributed by atoms with van der Waals surface area (Å²) in [5, 5.41) is 17.3. The summed E-state index contributed by atoms with van der Waals surface area (Å²) in [7, 11) is 1.65. The zero-order valence-electron chi connectivity index (χ0n) is 14.5. The van der Waals surface area contributed by atoms with Crippen LogP contribution in [0.1, 0.15) is 36.6 Å². The molecule has 5 nitrogen and oxygen atoms in total. The summed E-state index contributed by atoms with van der Waals surface area (Å²) in [6, 6.07) is 8.03. The summed E-state index contributed by atoms with van der Waals surface area (Å²) in [6.45, 7) is 1.98. The fourth-order valence-electron chi connectivity index (χ4n) is 4.83. The van der Waals surface area contributed by atoms with Gasteiger partial charge in [-0.3, -0.25) is 9.89 Å². The average Bonchev–Trinajstić information content (AvgIpc) is 3.14. The fraction of sp³-hybridized carbons (Fsp3) is 0.400. The Kier molecular flexibility index (Phi) is 3.67. The number of fused-ring (bicyclic) bond motifs is 3. The largest absolute Gasteiger partial charge is 0.515 e. The predicted molar refractivity (Wildman–Crippen MR) is 93.7 cm³/mol. The van der Waals surface area contributed by atoms with Crippen LogP contribution >= 0.6 is 0 Å². The molecule has 0 spiro atoms. The molecule has 5 heteroatoms. The molecule has 0 aliphatic heterocycles. The summed E-state index contributed by atoms with van der Waals surface area (Å²) < 4.78 is 5.30. The topological polar surface area (TPSA) is 75.2 Å². The van der Waals surface area contributed by atoms with E-state index in [0.717, 1.165) is 36.1 Å². The highest BCUT2D eigenvalue weighted by atomic mass is 16.5. The number of hydrogen-bond acceptors (Lipinski definition) is 4. The van der Waals surface area contributed by atoms with Gasteiger partial charge in [-0.2, -0.15) is 5.10 Å². The van der Waals surface area contributed by atoms with Gasteiger partial charge in [0.2, 0.25) is 0 Å². The van der Waals surface area contributed by atoms with Crippen molar-refractivity contribution in [1.29, 1.82) is 0 Å². The van der Waals surface area contributed by atoms with Crippen LogP contribution in [0, 0.1) is 11.8 Å². The zero-order valence-corrected chi connectivity index (χ0v) is 14.5. The number of aliphatic hydroxyl groups excluding tert-OH is 1. The lowest BCUT2D eigenvalue weighted by atomic mass is 9.52. The van der Waals surface area contributed by atoms with Crippen molar-refractivity contribution in [3.8, 4) is 5.75 Å². The van der Waals surface area contributed by atoms with Crippen LogP contribution in [0.15, 0.2) is 42.3 Å². The summed E-state index contributed by atoms with van der Waals surface area (Å²) in [4.78, 5) is 12.7. The van der Waals surface area contributed by atoms with Gasteiger partial charge in [0.1, 0.15) is 5.75 Å². The SMILES string of the molecule is COc1ccc([C@]23C/C(=C/O)C(=O)[C@@H](C)[C@@H]2CCc2c[nH]nc23)cc1. The smallest absolute Gasteiger partial charge is 0.165 e. The number of allylic oxidation sites excluding steroid dienone is 1. The Balaban J connectivity index is 1.95. The van der Waals surface area contributed by atoms with E-state index >= 15 is 0 Å². The van der Waals surface area contributed by atoms with Crippen LogP contribution in [-0.2, 0) is 16.6 Å². The predicted octanol–water partition coefficient (Wildman–Crippen LogP) is 3.32. The highest BCUT2D eigenvalue weighted by Crippen LogP contribution is 2.55. The molecule has 2 aliphatic carbocycles. The van der Waals surface area contributed by atoms with Crippen molar-refractivity contribution in [2.45, 2.75) is 31.6 Å². The number of nitrogens with zero attached hydrogens (tertiary/aromatic N) is 1. The second-order valence-electron chi connectivity index (χ2n) is 7.09. The summed E-state index contributed by atoms with van der Waals surface area (Å²) in [5.41, 5.74) is 3.40. The number of nitrogens with one attached hydrogen (secondary N) is 1. The van der Waals surface area contributed by atoms with Crippen molar-refractivity contribution in [2.24, 2.45) is 11.8 Å². The maximum absolute atomic E-state index is 12.7. The summed E-state index contributed by atoms with van der Waals surface area (Å²) in [6.07, 6.45) is 5.28. The van der Waals surface area contributed by atoms with Gasteiger partial charge in [0.25, 0.3) is 0 Å². The number of Topliss-reactive ketones (excluding diaryl/α,β-unsaturated/α-hetero) is 1. The summed E-state index contributed by atoms with van der Waals surface area (Å²) in [5.74, 6) is 0.857. The number of methoxy groups -OCH3 is 1. The van der Waals surface area contributed by atoms with E-state index in [1.54, 1.807) is 7.11 Å². The Labute approximate surface area is 146 Å². The number of ether oxygens (including phenoxy) is 1. The van der Waals surface area contributed by atoms with E-state index in [0.29, 0.717) is 12.0 Å². The highest BCUT2D eigenvalue weighted by Gasteiger charge is 2.55. The lowest BCUT2D eigenvalue weighted by Gasteiger charge is -2.49. The molecule has 2 N–H and O–H groups in total. The average molecular weight is 338 g/mol. The Hall–Kier alpha value is -2.56. The first-order chi connectivity index (χ1) is 12.1. The third-order valence-electron chi connectivity index (χ3n) is 6.06. The molecule has 0 radical (unpaired) electrons. The van der Waals surface area contributed by atoms with Crippen LogP contribution in [0.25, 0.3) is 0 Å². The van der Waals surface area contributed by atoms with E-state index in [1.165, 1.54) is 5.56 Å². The second-order valence-corrected chi connectivity index (χ2v) is 7.09. The molecule has 25 heavy (non-hydrogen) atoms. The van der Waals surface area contributed by atoms with Gasteiger partial charge in [-0.25, -0.2) is 0 Å². The van der Waals surface area contributed by atoms with Gasteiger partial charge in [0.15, 0.2) is 5.78 Å². The fourth-order valence-corrected chi connectivity index (χ4v) is 4.83. The molecular weight excluding hydrogens is 316 g/mol. The monoisotopic (exact) mass is 338 g/mol. The molecule has 0 unspecified atom stereocenters. The number of hydrogen-bond donors (Lipinski definition) is 2. The van der Waals surface area contributed by atoms with Crippen molar-refractivity contribution in [1.82, 2.24) is 10.2 Å². The van der Waals surface area contributed by atoms with E-state index in [4.69, 9.17) is 4.74 Å². The molecule has 1 saturated carbocycles. The Morgan fingerprint density at radius 2 is 2.12 bits per heavy atom. The molecule has 0 saturated heterocycles. The van der Waals surface area contributed by atoms with Crippen molar-refractivity contribution in [3.63, 3.8) is 0 Å². The van der Waals surface area contributed by atoms with Crippen LogP contribution in [0.4, 0.5) is 0 Å². The Bertz CT molecular complexity index is 837. The number of benzene rings is 1. The van der Waals surface area contributed by atoms with Crippen LogP contribution < -0.4 is 4.74 Å². The van der Waals surface area contributed by atoms with Gasteiger partial charge in [-0.15, -0.1) is 0 Å². The maximum atomic E-state index is 12.7. The van der Waals surface area contributed by atoms with Gasteiger partial charge < -0.3 is 9.84 Å². The van der Waals surface area contributed by atoms with E-state index in [1.807, 2.05) is 25.3 Å². The molecule has 2 aromatic rings. The molecule has 1 aromatic heterocycles. The molecule has 4 rings (SSSR count). The van der Waals surface area contributed by atoms with Gasteiger partial charge >= 0.3 is 0 Å². The van der Waals surface area contributed by atoms with Crippen LogP contribution in [0.5, 0.6) is 5.75 Å². The minimum atomic E-state index is -0.401. The Morgan fingerprint density at radius 3 is 2.80 bits per heavy atom. The maximum Gasteiger partial charge on any atom is 0.165 e. The molecular formula is C20H22N2O3. The summed E-state index contributed by atoms with van der Waals surface area (Å²) >= 11 is 0. The molecule has 130 valence electrons. The van der Waals surface area contributed by atoms with Crippen molar-refractivity contribution in [2.75, 3.05) is 7.11 Å². The normalized spacial score (nSPS) is 30.0. The molecule has 2 aliphatic rings. The lowest BCUT2D eigenvalue weighted by Crippen LogP contribution is -2.50. The number of H-pyrrole nitrogens is 1. The lowest BCUT2D eigenvalue weighted by molar-refractivity contribution is -0.123. The first-order valence-corrected chi connectivity index (χ1v) is 8.67. The quantitative estimate of drug-likeness (QED) is 0.651. The van der Waals surface area contributed by atoms with Gasteiger partial charge in [0, 0.05) is 23.1 Å². The van der Waals surface area contributed by atoms with Crippen LogP contribution in [0.2, 0.25) is 0 Å². The van der Waals surface area contributed by atoms with E-state index in [2.05, 4.69) is 22.3 Å². The number of rotatable bonds is 2. The van der Waals surface area contributed by atoms with Crippen LogP contribution in [-0.4, -0.2) is 28.2 Å². The number of ketones is 1. The second kappa shape index (κ2) is 5.76. The van der Waals surface area contributed by atoms with Crippen molar-refractivity contribution >= 4 is 5.78 Å². The van der Waals surface area contributed by atoms with E-state index < -0.39 is 5.41 Å². The van der Waals surface area contributed by atoms with Crippen molar-refractivity contribution in [3.05, 3.63) is 59.1 Å². The van der Waals surface area contributed by atoms with Gasteiger partial charge in [0.05, 0.1) is 19.1 Å². The first-order valence-electron chi connectivity index (χ1n) is 8.67. The minimum Gasteiger partial charge on any atom is -0.515 e. The standard InChI is InChI=1S/C20H22N2O3/c1-12-17-8-3-13-10-21-22-19(13)20(17,9-14(11-23)18(12)24)15-4-6-16(25-2)7-5-15/h4-7,10-12,17,23H,3,8-9H2,1-2H3,(H,21,22)/b14-11-/t12-,17-,20+/m0/s1. The number of carbonyl (C=O) groups excluding carboxylic acids is 1. The third-order valence-corrected chi connectivity index (χ3v) is 6.06. The third kappa shape index (κ3) is 2.15.